The summed E-state index contributed by atoms with van der Waals surface area (Å²) in [5.41, 5.74) is 0.612. The van der Waals surface area contributed by atoms with Gasteiger partial charge in [0.2, 0.25) is 5.88 Å². The molecule has 2 amide bonds. The summed E-state index contributed by atoms with van der Waals surface area (Å²) >= 11 is 0. The van der Waals surface area contributed by atoms with E-state index in [9.17, 15) is 18.0 Å². The molecule has 1 N–H and O–H groups in total. The first-order chi connectivity index (χ1) is 11.9. The minimum atomic E-state index is -4.42. The molecule has 6 nitrogen and oxygen atoms in total. The first-order valence-corrected chi connectivity index (χ1v) is 8.12. The van der Waals surface area contributed by atoms with E-state index in [-0.39, 0.29) is 18.5 Å². The van der Waals surface area contributed by atoms with Gasteiger partial charge in [0.15, 0.2) is 6.61 Å². The maximum absolute atomic E-state index is 12.3. The molecule has 0 spiro atoms. The zero-order chi connectivity index (χ0) is 18.3. The van der Waals surface area contributed by atoms with Crippen LogP contribution in [0.2, 0.25) is 0 Å². The van der Waals surface area contributed by atoms with Gasteiger partial charge in [-0.2, -0.15) is 13.2 Å². The van der Waals surface area contributed by atoms with Crippen molar-refractivity contribution in [2.75, 3.05) is 32.9 Å². The molecule has 1 aromatic rings. The van der Waals surface area contributed by atoms with Gasteiger partial charge in [0.1, 0.15) is 0 Å². The maximum atomic E-state index is 12.3. The van der Waals surface area contributed by atoms with Crippen LogP contribution in [-0.4, -0.2) is 55.0 Å². The summed E-state index contributed by atoms with van der Waals surface area (Å²) in [6.07, 6.45) is -2.13. The van der Waals surface area contributed by atoms with Crippen LogP contribution in [0.5, 0.6) is 5.88 Å². The average Bonchev–Trinajstić information content (AvgIpc) is 3.08. The molecule has 1 saturated heterocycles. The molecule has 1 aromatic heterocycles. The minimum absolute atomic E-state index is 0.125. The topological polar surface area (TPSA) is 63.7 Å². The Kier molecular flexibility index (Phi) is 6.86. The van der Waals surface area contributed by atoms with Crippen LogP contribution in [0.25, 0.3) is 0 Å². The number of hydrogen-bond acceptors (Lipinski definition) is 4. The molecule has 1 atom stereocenters. The summed E-state index contributed by atoms with van der Waals surface area (Å²) in [7, 11) is 0. The van der Waals surface area contributed by atoms with Crippen molar-refractivity contribution in [3.8, 4) is 5.88 Å². The molecule has 1 aliphatic rings. The zero-order valence-corrected chi connectivity index (χ0v) is 14.0. The van der Waals surface area contributed by atoms with E-state index in [2.05, 4.69) is 15.0 Å². The fraction of sp³-hybridized carbons (Fsp3) is 0.625. The number of nitrogens with one attached hydrogen (secondary N) is 1. The SMILES string of the molecule is CCN(CC1CCOC1)C(=O)NCc1ccnc(OCC(F)(F)F)c1. The summed E-state index contributed by atoms with van der Waals surface area (Å²) in [4.78, 5) is 17.7. The van der Waals surface area contributed by atoms with Gasteiger partial charge in [-0.25, -0.2) is 9.78 Å². The second kappa shape index (κ2) is 8.89. The van der Waals surface area contributed by atoms with Crippen molar-refractivity contribution in [1.29, 1.82) is 0 Å². The fourth-order valence-corrected chi connectivity index (χ4v) is 2.48. The molecule has 1 fully saturated rings. The number of carbonyl (C=O) groups excluding carboxylic acids is 1. The molecule has 2 heterocycles. The van der Waals surface area contributed by atoms with Gasteiger partial charge in [-0.05, 0) is 25.0 Å². The number of amides is 2. The molecule has 1 aliphatic heterocycles. The van der Waals surface area contributed by atoms with E-state index in [1.807, 2.05) is 6.92 Å². The van der Waals surface area contributed by atoms with E-state index in [0.717, 1.165) is 13.0 Å². The summed E-state index contributed by atoms with van der Waals surface area (Å²) in [6, 6.07) is 2.78. The largest absolute Gasteiger partial charge is 0.468 e. The molecule has 140 valence electrons. The van der Waals surface area contributed by atoms with Crippen LogP contribution < -0.4 is 10.1 Å². The van der Waals surface area contributed by atoms with E-state index in [1.165, 1.54) is 12.3 Å². The Morgan fingerprint density at radius 1 is 1.52 bits per heavy atom. The maximum Gasteiger partial charge on any atom is 0.422 e. The number of alkyl halides is 3. The molecule has 0 bridgehead atoms. The quantitative estimate of drug-likeness (QED) is 0.811. The molecule has 9 heteroatoms. The lowest BCUT2D eigenvalue weighted by atomic mass is 10.1. The summed E-state index contributed by atoms with van der Waals surface area (Å²) in [6.45, 7) is 3.25. The molecule has 2 rings (SSSR count). The lowest BCUT2D eigenvalue weighted by Crippen LogP contribution is -2.42. The van der Waals surface area contributed by atoms with Crippen molar-refractivity contribution in [3.05, 3.63) is 23.9 Å². The molecule has 0 aromatic carbocycles. The second-order valence-corrected chi connectivity index (χ2v) is 5.83. The molecule has 25 heavy (non-hydrogen) atoms. The number of nitrogens with zero attached hydrogens (tertiary/aromatic N) is 2. The third-order valence-corrected chi connectivity index (χ3v) is 3.80. The Labute approximate surface area is 144 Å². The van der Waals surface area contributed by atoms with Crippen molar-refractivity contribution in [2.24, 2.45) is 5.92 Å². The molecular formula is C16H22F3N3O3. The van der Waals surface area contributed by atoms with Gasteiger partial charge in [-0.1, -0.05) is 0 Å². The molecular weight excluding hydrogens is 339 g/mol. The smallest absolute Gasteiger partial charge is 0.422 e. The first kappa shape index (κ1) is 19.3. The van der Waals surface area contributed by atoms with E-state index in [1.54, 1.807) is 11.0 Å². The van der Waals surface area contributed by atoms with E-state index in [0.29, 0.717) is 31.2 Å². The standard InChI is InChI=1S/C16H22F3N3O3/c1-2-22(9-13-4-6-24-10-13)15(23)21-8-12-3-5-20-14(7-12)25-11-16(17,18)19/h3,5,7,13H,2,4,6,8-11H2,1H3,(H,21,23). The van der Waals surface area contributed by atoms with Crippen LogP contribution in [0.1, 0.15) is 18.9 Å². The lowest BCUT2D eigenvalue weighted by molar-refractivity contribution is -0.154. The number of pyridine rings is 1. The van der Waals surface area contributed by atoms with E-state index in [4.69, 9.17) is 4.74 Å². The number of rotatable bonds is 7. The number of carbonyl (C=O) groups is 1. The molecule has 0 aliphatic carbocycles. The number of hydrogen-bond donors (Lipinski definition) is 1. The summed E-state index contributed by atoms with van der Waals surface area (Å²) in [5.74, 6) is 0.216. The highest BCUT2D eigenvalue weighted by molar-refractivity contribution is 5.74. The second-order valence-electron chi connectivity index (χ2n) is 5.83. The Bertz CT molecular complexity index is 563. The minimum Gasteiger partial charge on any atom is -0.468 e. The van der Waals surface area contributed by atoms with Gasteiger partial charge in [0.05, 0.1) is 6.61 Å². The third-order valence-electron chi connectivity index (χ3n) is 3.80. The van der Waals surface area contributed by atoms with Crippen LogP contribution in [0.4, 0.5) is 18.0 Å². The summed E-state index contributed by atoms with van der Waals surface area (Å²) < 4.78 is 46.4. The van der Waals surface area contributed by atoms with Gasteiger partial charge < -0.3 is 19.7 Å². The van der Waals surface area contributed by atoms with Crippen LogP contribution in [0.3, 0.4) is 0 Å². The monoisotopic (exact) mass is 361 g/mol. The highest BCUT2D eigenvalue weighted by atomic mass is 19.4. The first-order valence-electron chi connectivity index (χ1n) is 8.12. The third kappa shape index (κ3) is 6.77. The van der Waals surface area contributed by atoms with E-state index >= 15 is 0 Å². The van der Waals surface area contributed by atoms with Crippen LogP contribution in [-0.2, 0) is 11.3 Å². The fourth-order valence-electron chi connectivity index (χ4n) is 2.48. The molecule has 1 unspecified atom stereocenters. The average molecular weight is 361 g/mol. The number of aromatic nitrogens is 1. The van der Waals surface area contributed by atoms with E-state index < -0.39 is 12.8 Å². The number of urea groups is 1. The molecule has 0 radical (unpaired) electrons. The van der Waals surface area contributed by atoms with Gasteiger partial charge >= 0.3 is 12.2 Å². The van der Waals surface area contributed by atoms with Crippen molar-refractivity contribution in [1.82, 2.24) is 15.2 Å². The van der Waals surface area contributed by atoms with Crippen LogP contribution >= 0.6 is 0 Å². The Morgan fingerprint density at radius 2 is 2.32 bits per heavy atom. The number of ether oxygens (including phenoxy) is 2. The zero-order valence-electron chi connectivity index (χ0n) is 14.0. The highest BCUT2D eigenvalue weighted by Gasteiger charge is 2.28. The number of halogens is 3. The predicted molar refractivity (Wildman–Crippen MR) is 84.2 cm³/mol. The van der Waals surface area contributed by atoms with Gasteiger partial charge in [0.25, 0.3) is 0 Å². The van der Waals surface area contributed by atoms with Gasteiger partial charge in [-0.15, -0.1) is 0 Å². The molecule has 0 saturated carbocycles. The Morgan fingerprint density at radius 3 is 2.96 bits per heavy atom. The van der Waals surface area contributed by atoms with Crippen molar-refractivity contribution >= 4 is 6.03 Å². The summed E-state index contributed by atoms with van der Waals surface area (Å²) in [5, 5.41) is 2.76. The van der Waals surface area contributed by atoms with Crippen LogP contribution in [0, 0.1) is 5.92 Å². The van der Waals surface area contributed by atoms with Crippen molar-refractivity contribution in [3.63, 3.8) is 0 Å². The van der Waals surface area contributed by atoms with Crippen molar-refractivity contribution in [2.45, 2.75) is 26.1 Å². The van der Waals surface area contributed by atoms with Crippen LogP contribution in [0.15, 0.2) is 18.3 Å². The Hall–Kier alpha value is -2.03. The highest BCUT2D eigenvalue weighted by Crippen LogP contribution is 2.18. The Balaban J connectivity index is 1.83. The van der Waals surface area contributed by atoms with Gasteiger partial charge in [0, 0.05) is 44.4 Å². The lowest BCUT2D eigenvalue weighted by Gasteiger charge is -2.24. The normalized spacial score (nSPS) is 17.4. The van der Waals surface area contributed by atoms with Gasteiger partial charge in [-0.3, -0.25) is 0 Å². The van der Waals surface area contributed by atoms with Crippen molar-refractivity contribution < 1.29 is 27.4 Å². The predicted octanol–water partition coefficient (Wildman–Crippen LogP) is 2.59.